The van der Waals surface area contributed by atoms with Gasteiger partial charge in [0.05, 0.1) is 29.3 Å². The Morgan fingerprint density at radius 3 is 2.35 bits per heavy atom. The van der Waals surface area contributed by atoms with Gasteiger partial charge in [-0.05, 0) is 24.3 Å². The molecule has 2 aromatic carbocycles. The van der Waals surface area contributed by atoms with Gasteiger partial charge >= 0.3 is 11.8 Å². The molecule has 2 N–H and O–H groups in total. The molecule has 0 saturated carbocycles. The zero-order valence-electron chi connectivity index (χ0n) is 18.0. The lowest BCUT2D eigenvalue weighted by molar-refractivity contribution is -0.123. The number of halogens is 3. The van der Waals surface area contributed by atoms with Crippen LogP contribution < -0.4 is 24.8 Å². The molecule has 3 aromatic rings. The average molecular weight is 530 g/mol. The summed E-state index contributed by atoms with van der Waals surface area (Å²) in [7, 11) is 3.03. The molecule has 1 heterocycles. The third-order valence-electron chi connectivity index (χ3n) is 4.33. The van der Waals surface area contributed by atoms with E-state index in [-0.39, 0.29) is 52.2 Å². The summed E-state index contributed by atoms with van der Waals surface area (Å²) in [5.41, 5.74) is 0.579. The lowest BCUT2D eigenvalue weighted by Crippen LogP contribution is -2.36. The van der Waals surface area contributed by atoms with Crippen LogP contribution in [0, 0.1) is 0 Å². The fraction of sp³-hybridized carbons (Fsp3) is 0.238. The highest BCUT2D eigenvalue weighted by molar-refractivity contribution is 6.43. The SMILES string of the molecule is COc1ccc(-c2noc(C(=O)NCCNC(=O)COc3cc(Cl)c(Cl)cc3Cl)n2)cc1OC. The topological polar surface area (TPSA) is 125 Å². The fourth-order valence-electron chi connectivity index (χ4n) is 2.67. The van der Waals surface area contributed by atoms with Crippen LogP contribution in [0.5, 0.6) is 17.2 Å². The van der Waals surface area contributed by atoms with E-state index in [1.54, 1.807) is 18.2 Å². The van der Waals surface area contributed by atoms with E-state index in [1.165, 1.54) is 26.4 Å². The maximum atomic E-state index is 12.2. The van der Waals surface area contributed by atoms with Crippen LogP contribution in [0.3, 0.4) is 0 Å². The normalized spacial score (nSPS) is 10.5. The molecule has 180 valence electrons. The molecule has 10 nitrogen and oxygen atoms in total. The monoisotopic (exact) mass is 528 g/mol. The van der Waals surface area contributed by atoms with Crippen LogP contribution in [-0.2, 0) is 4.79 Å². The van der Waals surface area contributed by atoms with Gasteiger partial charge in [0.25, 0.3) is 5.91 Å². The first kappa shape index (κ1) is 25.4. The number of methoxy groups -OCH3 is 2. The van der Waals surface area contributed by atoms with Crippen LogP contribution in [0.2, 0.25) is 15.1 Å². The average Bonchev–Trinajstić information content (AvgIpc) is 3.33. The second kappa shape index (κ2) is 11.8. The van der Waals surface area contributed by atoms with Gasteiger partial charge in [0.2, 0.25) is 5.82 Å². The largest absolute Gasteiger partial charge is 0.493 e. The van der Waals surface area contributed by atoms with E-state index in [1.807, 2.05) is 0 Å². The molecule has 0 unspecified atom stereocenters. The minimum atomic E-state index is -0.590. The summed E-state index contributed by atoms with van der Waals surface area (Å²) in [6.45, 7) is -0.0458. The number of hydrogen-bond donors (Lipinski definition) is 2. The Labute approximate surface area is 209 Å². The summed E-state index contributed by atoms with van der Waals surface area (Å²) in [4.78, 5) is 28.3. The number of nitrogens with zero attached hydrogens (tertiary/aromatic N) is 2. The maximum absolute atomic E-state index is 12.2. The molecular formula is C21H19Cl3N4O6. The molecule has 0 radical (unpaired) electrons. The van der Waals surface area contributed by atoms with Gasteiger partial charge in [0.1, 0.15) is 5.75 Å². The molecule has 0 bridgehead atoms. The van der Waals surface area contributed by atoms with Crippen LogP contribution in [0.15, 0.2) is 34.9 Å². The molecule has 0 spiro atoms. The van der Waals surface area contributed by atoms with Gasteiger partial charge in [0.15, 0.2) is 18.1 Å². The minimum Gasteiger partial charge on any atom is -0.493 e. The highest BCUT2D eigenvalue weighted by Crippen LogP contribution is 2.34. The van der Waals surface area contributed by atoms with Gasteiger partial charge in [-0.25, -0.2) is 0 Å². The Bertz CT molecular complexity index is 1190. The van der Waals surface area contributed by atoms with Crippen molar-refractivity contribution < 1.29 is 28.3 Å². The number of aromatic nitrogens is 2. The molecule has 34 heavy (non-hydrogen) atoms. The molecule has 0 aliphatic heterocycles. The standard InChI is InChI=1S/C21H19Cl3N4O6/c1-31-15-4-3-11(7-17(15)32-2)19-27-21(34-28-19)20(30)26-6-5-25-18(29)10-33-16-9-13(23)12(22)8-14(16)24/h3-4,7-9H,5-6,10H2,1-2H3,(H,25,29)(H,26,30). The Morgan fingerprint density at radius 1 is 0.912 bits per heavy atom. The van der Waals surface area contributed by atoms with Crippen molar-refractivity contribution in [2.45, 2.75) is 0 Å². The third kappa shape index (κ3) is 6.43. The second-order valence-corrected chi connectivity index (χ2v) is 7.81. The van der Waals surface area contributed by atoms with Crippen LogP contribution in [0.4, 0.5) is 0 Å². The van der Waals surface area contributed by atoms with Crippen LogP contribution in [0.1, 0.15) is 10.7 Å². The summed E-state index contributed by atoms with van der Waals surface area (Å²) in [6, 6.07) is 7.89. The fourth-order valence-corrected chi connectivity index (χ4v) is 3.26. The molecule has 2 amide bonds. The zero-order valence-corrected chi connectivity index (χ0v) is 20.3. The molecule has 0 aliphatic carbocycles. The lowest BCUT2D eigenvalue weighted by atomic mass is 10.2. The number of nitrogens with one attached hydrogen (secondary N) is 2. The maximum Gasteiger partial charge on any atom is 0.316 e. The van der Waals surface area contributed by atoms with Crippen molar-refractivity contribution in [1.29, 1.82) is 0 Å². The van der Waals surface area contributed by atoms with Crippen LogP contribution >= 0.6 is 34.8 Å². The third-order valence-corrected chi connectivity index (χ3v) is 5.35. The molecule has 1 aromatic heterocycles. The Hall–Kier alpha value is -3.21. The van der Waals surface area contributed by atoms with E-state index in [2.05, 4.69) is 20.8 Å². The molecule has 0 saturated heterocycles. The minimum absolute atomic E-state index is 0.117. The lowest BCUT2D eigenvalue weighted by Gasteiger charge is -2.10. The van der Waals surface area contributed by atoms with Crippen molar-refractivity contribution in [2.75, 3.05) is 33.9 Å². The Morgan fingerprint density at radius 2 is 1.62 bits per heavy atom. The number of rotatable bonds is 10. The van der Waals surface area contributed by atoms with Gasteiger partial charge in [-0.3, -0.25) is 9.59 Å². The van der Waals surface area contributed by atoms with E-state index in [9.17, 15) is 9.59 Å². The van der Waals surface area contributed by atoms with Gasteiger partial charge < -0.3 is 29.4 Å². The van der Waals surface area contributed by atoms with E-state index < -0.39 is 11.8 Å². The molecule has 0 atom stereocenters. The summed E-state index contributed by atoms with van der Waals surface area (Å²) < 4.78 is 20.8. The first-order valence-corrected chi connectivity index (χ1v) is 10.8. The van der Waals surface area contributed by atoms with Crippen molar-refractivity contribution in [3.63, 3.8) is 0 Å². The molecular weight excluding hydrogens is 511 g/mol. The second-order valence-electron chi connectivity index (χ2n) is 6.58. The highest BCUT2D eigenvalue weighted by Gasteiger charge is 2.17. The molecule has 0 aliphatic rings. The first-order chi connectivity index (χ1) is 16.3. The van der Waals surface area contributed by atoms with E-state index >= 15 is 0 Å². The van der Waals surface area contributed by atoms with Gasteiger partial charge in [-0.15, -0.1) is 0 Å². The summed E-state index contributed by atoms with van der Waals surface area (Å²) in [6.07, 6.45) is 0. The smallest absolute Gasteiger partial charge is 0.316 e. The summed E-state index contributed by atoms with van der Waals surface area (Å²) in [5, 5.41) is 9.71. The summed E-state index contributed by atoms with van der Waals surface area (Å²) in [5.74, 6) is 0.210. The van der Waals surface area contributed by atoms with E-state index in [0.717, 1.165) is 0 Å². The number of amides is 2. The number of carbonyl (C=O) groups is 2. The summed E-state index contributed by atoms with van der Waals surface area (Å²) >= 11 is 17.8. The van der Waals surface area contributed by atoms with Crippen molar-refractivity contribution in [3.05, 3.63) is 51.3 Å². The molecule has 0 fully saturated rings. The van der Waals surface area contributed by atoms with Crippen LogP contribution in [0.25, 0.3) is 11.4 Å². The van der Waals surface area contributed by atoms with E-state index in [4.69, 9.17) is 53.5 Å². The van der Waals surface area contributed by atoms with Gasteiger partial charge in [-0.2, -0.15) is 4.98 Å². The number of ether oxygens (including phenoxy) is 3. The Kier molecular flexibility index (Phi) is 8.80. The van der Waals surface area contributed by atoms with Crippen molar-refractivity contribution in [2.24, 2.45) is 0 Å². The van der Waals surface area contributed by atoms with Gasteiger partial charge in [0, 0.05) is 24.7 Å². The van der Waals surface area contributed by atoms with Gasteiger partial charge in [-0.1, -0.05) is 40.0 Å². The van der Waals surface area contributed by atoms with Crippen LogP contribution in [-0.4, -0.2) is 55.9 Å². The van der Waals surface area contributed by atoms with E-state index in [0.29, 0.717) is 17.1 Å². The predicted octanol–water partition coefficient (Wildman–Crippen LogP) is 3.64. The first-order valence-electron chi connectivity index (χ1n) is 9.70. The highest BCUT2D eigenvalue weighted by atomic mass is 35.5. The van der Waals surface area contributed by atoms with Crippen molar-refractivity contribution in [3.8, 4) is 28.6 Å². The van der Waals surface area contributed by atoms with Crippen molar-refractivity contribution in [1.82, 2.24) is 20.8 Å². The van der Waals surface area contributed by atoms with Crippen molar-refractivity contribution >= 4 is 46.6 Å². The predicted molar refractivity (Wildman–Crippen MR) is 125 cm³/mol. The number of hydrogen-bond acceptors (Lipinski definition) is 8. The molecule has 3 rings (SSSR count). The number of carbonyl (C=O) groups excluding carboxylic acids is 2. The zero-order chi connectivity index (χ0) is 24.7. The quantitative estimate of drug-likeness (QED) is 0.301. The number of benzene rings is 2. The Balaban J connectivity index is 1.45. The molecule has 13 heteroatoms.